The lowest BCUT2D eigenvalue weighted by atomic mass is 10.1. The molecule has 0 spiro atoms. The van der Waals surface area contributed by atoms with Crippen LogP contribution in [-0.4, -0.2) is 43.7 Å². The van der Waals surface area contributed by atoms with E-state index in [1.165, 1.54) is 19.5 Å². The fraction of sp³-hybridized carbons (Fsp3) is 0.438. The predicted octanol–water partition coefficient (Wildman–Crippen LogP) is 2.61. The molecule has 4 heteroatoms. The smallest absolute Gasteiger partial charge is 0.133 e. The summed E-state index contributed by atoms with van der Waals surface area (Å²) in [5.41, 5.74) is 0. The minimum absolute atomic E-state index is 0.718. The van der Waals surface area contributed by atoms with E-state index in [9.17, 15) is 0 Å². The van der Waals surface area contributed by atoms with Crippen molar-refractivity contribution < 1.29 is 4.74 Å². The highest BCUT2D eigenvalue weighted by atomic mass is 16.5. The van der Waals surface area contributed by atoms with Crippen LogP contribution in [0.1, 0.15) is 6.42 Å². The van der Waals surface area contributed by atoms with E-state index in [0.29, 0.717) is 0 Å². The van der Waals surface area contributed by atoms with Crippen molar-refractivity contribution >= 4 is 16.6 Å². The molecule has 1 aromatic heterocycles. The molecule has 1 atom stereocenters. The van der Waals surface area contributed by atoms with Gasteiger partial charge < -0.3 is 15.0 Å². The van der Waals surface area contributed by atoms with E-state index in [1.54, 1.807) is 7.11 Å². The van der Waals surface area contributed by atoms with E-state index in [2.05, 4.69) is 28.3 Å². The molecule has 0 amide bonds. The molecule has 0 aliphatic carbocycles. The number of hydrogen-bond donors (Lipinski definition) is 1. The van der Waals surface area contributed by atoms with E-state index in [0.717, 1.165) is 34.8 Å². The Morgan fingerprint density at radius 1 is 1.40 bits per heavy atom. The van der Waals surface area contributed by atoms with Crippen molar-refractivity contribution in [1.29, 1.82) is 0 Å². The topological polar surface area (TPSA) is 37.4 Å². The first-order valence-corrected chi connectivity index (χ1v) is 7.11. The molecule has 1 aromatic carbocycles. The van der Waals surface area contributed by atoms with Crippen LogP contribution in [0.4, 0.5) is 5.82 Å². The number of ether oxygens (including phenoxy) is 1. The number of benzene rings is 1. The fourth-order valence-electron chi connectivity index (χ4n) is 2.86. The van der Waals surface area contributed by atoms with E-state index in [1.807, 2.05) is 24.4 Å². The van der Waals surface area contributed by atoms with Crippen LogP contribution in [0, 0.1) is 5.92 Å². The third kappa shape index (κ3) is 2.70. The molecule has 2 heterocycles. The van der Waals surface area contributed by atoms with Crippen LogP contribution >= 0.6 is 0 Å². The third-order valence-electron chi connectivity index (χ3n) is 4.02. The summed E-state index contributed by atoms with van der Waals surface area (Å²) in [6.45, 7) is 3.36. The van der Waals surface area contributed by atoms with Crippen LogP contribution in [0.25, 0.3) is 10.8 Å². The van der Waals surface area contributed by atoms with Crippen LogP contribution in [-0.2, 0) is 0 Å². The van der Waals surface area contributed by atoms with Crippen molar-refractivity contribution in [2.75, 3.05) is 39.1 Å². The molecule has 20 heavy (non-hydrogen) atoms. The van der Waals surface area contributed by atoms with Gasteiger partial charge in [0.15, 0.2) is 0 Å². The Balaban J connectivity index is 1.77. The highest BCUT2D eigenvalue weighted by Crippen LogP contribution is 2.26. The van der Waals surface area contributed by atoms with Gasteiger partial charge in [0.1, 0.15) is 11.6 Å². The molecule has 3 rings (SSSR count). The number of fused-ring (bicyclic) bond motifs is 1. The van der Waals surface area contributed by atoms with Crippen LogP contribution in [0.15, 0.2) is 30.5 Å². The van der Waals surface area contributed by atoms with Gasteiger partial charge in [-0.2, -0.15) is 0 Å². The largest absolute Gasteiger partial charge is 0.497 e. The minimum Gasteiger partial charge on any atom is -0.497 e. The molecular formula is C16H21N3O. The molecule has 4 nitrogen and oxygen atoms in total. The average Bonchev–Trinajstić information content (AvgIpc) is 2.90. The summed E-state index contributed by atoms with van der Waals surface area (Å²) in [5, 5.41) is 5.82. The zero-order valence-corrected chi connectivity index (χ0v) is 12.1. The Morgan fingerprint density at radius 2 is 2.30 bits per heavy atom. The first kappa shape index (κ1) is 13.2. The molecule has 2 aromatic rings. The molecule has 1 fully saturated rings. The van der Waals surface area contributed by atoms with E-state index < -0.39 is 0 Å². The summed E-state index contributed by atoms with van der Waals surface area (Å²) in [7, 11) is 3.88. The maximum atomic E-state index is 5.27. The molecule has 1 saturated heterocycles. The lowest BCUT2D eigenvalue weighted by molar-refractivity contribution is 0.399. The van der Waals surface area contributed by atoms with E-state index in [4.69, 9.17) is 4.74 Å². The lowest BCUT2D eigenvalue weighted by Gasteiger charge is -2.14. The normalized spacial score (nSPS) is 19.4. The summed E-state index contributed by atoms with van der Waals surface area (Å²) in [5.74, 6) is 2.57. The van der Waals surface area contributed by atoms with Gasteiger partial charge in [-0.25, -0.2) is 4.98 Å². The summed E-state index contributed by atoms with van der Waals surface area (Å²) in [6.07, 6.45) is 3.12. The second-order valence-corrected chi connectivity index (χ2v) is 5.54. The van der Waals surface area contributed by atoms with Crippen LogP contribution in [0.3, 0.4) is 0 Å². The molecule has 1 N–H and O–H groups in total. The van der Waals surface area contributed by atoms with Gasteiger partial charge in [-0.15, -0.1) is 0 Å². The molecule has 0 bridgehead atoms. The average molecular weight is 271 g/mol. The maximum absolute atomic E-state index is 5.27. The van der Waals surface area contributed by atoms with Crippen molar-refractivity contribution in [2.45, 2.75) is 6.42 Å². The number of nitrogens with zero attached hydrogens (tertiary/aromatic N) is 2. The standard InChI is InChI=1S/C16H21N3O/c1-19-8-6-12(11-19)10-18-16-15-4-3-14(20-2)9-13(15)5-7-17-16/h3-5,7,9,12H,6,8,10-11H2,1-2H3,(H,17,18). The molecule has 1 aliphatic heterocycles. The van der Waals surface area contributed by atoms with Crippen molar-refractivity contribution in [3.05, 3.63) is 30.5 Å². The SMILES string of the molecule is COc1ccc2c(NCC3CCN(C)C3)nccc2c1. The maximum Gasteiger partial charge on any atom is 0.133 e. The summed E-state index contributed by atoms with van der Waals surface area (Å²) in [6, 6.07) is 8.13. The van der Waals surface area contributed by atoms with Crippen LogP contribution in [0.2, 0.25) is 0 Å². The van der Waals surface area contributed by atoms with Gasteiger partial charge >= 0.3 is 0 Å². The Kier molecular flexibility index (Phi) is 3.74. The molecule has 106 valence electrons. The second-order valence-electron chi connectivity index (χ2n) is 5.54. The zero-order valence-electron chi connectivity index (χ0n) is 12.1. The Labute approximate surface area is 119 Å². The van der Waals surface area contributed by atoms with Gasteiger partial charge in [0, 0.05) is 24.7 Å². The van der Waals surface area contributed by atoms with Crippen LogP contribution < -0.4 is 10.1 Å². The number of likely N-dealkylation sites (tertiary alicyclic amines) is 1. The monoisotopic (exact) mass is 271 g/mol. The van der Waals surface area contributed by atoms with Gasteiger partial charge in [0.25, 0.3) is 0 Å². The van der Waals surface area contributed by atoms with Gasteiger partial charge in [0.05, 0.1) is 7.11 Å². The number of aromatic nitrogens is 1. The summed E-state index contributed by atoms with van der Waals surface area (Å²) < 4.78 is 5.27. The quantitative estimate of drug-likeness (QED) is 0.927. The number of rotatable bonds is 4. The Bertz CT molecular complexity index is 599. The first-order valence-electron chi connectivity index (χ1n) is 7.11. The predicted molar refractivity (Wildman–Crippen MR) is 82.4 cm³/mol. The van der Waals surface area contributed by atoms with E-state index in [-0.39, 0.29) is 0 Å². The number of hydrogen-bond acceptors (Lipinski definition) is 4. The molecular weight excluding hydrogens is 250 g/mol. The molecule has 0 radical (unpaired) electrons. The van der Waals surface area contributed by atoms with E-state index >= 15 is 0 Å². The number of anilines is 1. The highest BCUT2D eigenvalue weighted by molar-refractivity contribution is 5.92. The molecule has 1 aliphatic rings. The number of methoxy groups -OCH3 is 1. The Hall–Kier alpha value is -1.81. The molecule has 1 unspecified atom stereocenters. The fourth-order valence-corrected chi connectivity index (χ4v) is 2.86. The van der Waals surface area contributed by atoms with Crippen molar-refractivity contribution in [3.63, 3.8) is 0 Å². The van der Waals surface area contributed by atoms with Crippen LogP contribution in [0.5, 0.6) is 5.75 Å². The van der Waals surface area contributed by atoms with Crippen molar-refractivity contribution in [3.8, 4) is 5.75 Å². The van der Waals surface area contributed by atoms with Crippen molar-refractivity contribution in [2.24, 2.45) is 5.92 Å². The minimum atomic E-state index is 0.718. The lowest BCUT2D eigenvalue weighted by Crippen LogP contribution is -2.19. The third-order valence-corrected chi connectivity index (χ3v) is 4.02. The first-order chi connectivity index (χ1) is 9.76. The highest BCUT2D eigenvalue weighted by Gasteiger charge is 2.19. The summed E-state index contributed by atoms with van der Waals surface area (Å²) in [4.78, 5) is 6.86. The Morgan fingerprint density at radius 3 is 3.05 bits per heavy atom. The second kappa shape index (κ2) is 5.67. The van der Waals surface area contributed by atoms with Crippen molar-refractivity contribution in [1.82, 2.24) is 9.88 Å². The van der Waals surface area contributed by atoms with Gasteiger partial charge in [-0.05, 0) is 55.6 Å². The number of pyridine rings is 1. The summed E-state index contributed by atoms with van der Waals surface area (Å²) >= 11 is 0. The molecule has 0 saturated carbocycles. The van der Waals surface area contributed by atoms with Gasteiger partial charge in [-0.1, -0.05) is 0 Å². The zero-order chi connectivity index (χ0) is 13.9. The number of nitrogens with one attached hydrogen (secondary N) is 1. The van der Waals surface area contributed by atoms with Gasteiger partial charge in [0.2, 0.25) is 0 Å². The van der Waals surface area contributed by atoms with Gasteiger partial charge in [-0.3, -0.25) is 0 Å².